The predicted octanol–water partition coefficient (Wildman–Crippen LogP) is 4.47. The Kier molecular flexibility index (Phi) is 8.76. The molecule has 0 amide bonds. The minimum absolute atomic E-state index is 0.0193. The zero-order valence-corrected chi connectivity index (χ0v) is 14.5. The van der Waals surface area contributed by atoms with Crippen molar-refractivity contribution in [3.05, 3.63) is 24.8 Å². The van der Waals surface area contributed by atoms with Crippen LogP contribution in [0.1, 0.15) is 60.3 Å². The van der Waals surface area contributed by atoms with Crippen molar-refractivity contribution in [3.8, 4) is 0 Å². The van der Waals surface area contributed by atoms with E-state index >= 15 is 0 Å². The number of Topliss-reactive ketones (excluding diaryl/α,β-unsaturated/α-hetero) is 1. The average Bonchev–Trinajstić information content (AvgIpc) is 2.44. The molecule has 0 saturated heterocycles. The summed E-state index contributed by atoms with van der Waals surface area (Å²) in [5, 5.41) is 0. The number of carbonyl (C=O) groups is 1. The van der Waals surface area contributed by atoms with Crippen molar-refractivity contribution < 1.29 is 14.3 Å². The fourth-order valence-electron chi connectivity index (χ4n) is 2.33. The first kappa shape index (κ1) is 20.1. The highest BCUT2D eigenvalue weighted by Gasteiger charge is 2.33. The van der Waals surface area contributed by atoms with Crippen LogP contribution in [0, 0.1) is 0 Å². The van der Waals surface area contributed by atoms with Crippen molar-refractivity contribution in [2.45, 2.75) is 71.5 Å². The van der Waals surface area contributed by atoms with E-state index in [4.69, 9.17) is 9.47 Å². The smallest absolute Gasteiger partial charge is 0.189 e. The van der Waals surface area contributed by atoms with Crippen LogP contribution >= 0.6 is 0 Å². The Morgan fingerprint density at radius 1 is 1.19 bits per heavy atom. The number of hydrogen-bond donors (Lipinski definition) is 0. The molecule has 0 aromatic heterocycles. The third-order valence-electron chi connectivity index (χ3n) is 3.92. The summed E-state index contributed by atoms with van der Waals surface area (Å²) in [5.74, 6) is -0.0193. The second kappa shape index (κ2) is 9.16. The Morgan fingerprint density at radius 2 is 1.81 bits per heavy atom. The summed E-state index contributed by atoms with van der Waals surface area (Å²) in [6, 6.07) is 0. The SMILES string of the molecule is C=CCOC(C)(CCC)CCOC(C)(CC)C(=O)C(=C)C. The highest BCUT2D eigenvalue weighted by atomic mass is 16.5. The first-order valence-corrected chi connectivity index (χ1v) is 7.83. The lowest BCUT2D eigenvalue weighted by molar-refractivity contribution is -0.142. The molecule has 0 rings (SSSR count). The van der Waals surface area contributed by atoms with E-state index in [9.17, 15) is 4.79 Å². The molecule has 0 fully saturated rings. The van der Waals surface area contributed by atoms with Gasteiger partial charge in [-0.1, -0.05) is 32.9 Å². The molecule has 2 atom stereocenters. The van der Waals surface area contributed by atoms with Crippen LogP contribution < -0.4 is 0 Å². The second-order valence-electron chi connectivity index (χ2n) is 6.09. The van der Waals surface area contributed by atoms with Crippen LogP contribution in [-0.2, 0) is 14.3 Å². The van der Waals surface area contributed by atoms with Crippen molar-refractivity contribution in [2.24, 2.45) is 0 Å². The molecule has 0 radical (unpaired) electrons. The molecular formula is C18H32O3. The molecule has 0 aliphatic heterocycles. The number of carbonyl (C=O) groups excluding carboxylic acids is 1. The van der Waals surface area contributed by atoms with Gasteiger partial charge < -0.3 is 9.47 Å². The standard InChI is InChI=1S/C18H32O3/c1-8-11-17(6,20-13-9-2)12-14-21-18(7,10-3)16(19)15(4)5/h9H,2,4,8,10-14H2,1,3,5-7H3. The average molecular weight is 296 g/mol. The topological polar surface area (TPSA) is 35.5 Å². The van der Waals surface area contributed by atoms with E-state index in [1.165, 1.54) is 0 Å². The van der Waals surface area contributed by atoms with Gasteiger partial charge in [0.05, 0.1) is 18.8 Å². The van der Waals surface area contributed by atoms with Gasteiger partial charge in [-0.25, -0.2) is 0 Å². The fourth-order valence-corrected chi connectivity index (χ4v) is 2.33. The molecular weight excluding hydrogens is 264 g/mol. The minimum atomic E-state index is -0.780. The summed E-state index contributed by atoms with van der Waals surface area (Å²) in [6.07, 6.45) is 5.16. The molecule has 0 aliphatic rings. The van der Waals surface area contributed by atoms with Gasteiger partial charge in [-0.3, -0.25) is 4.79 Å². The molecule has 0 aromatic carbocycles. The van der Waals surface area contributed by atoms with E-state index in [1.807, 2.05) is 13.8 Å². The largest absolute Gasteiger partial charge is 0.371 e. The van der Waals surface area contributed by atoms with E-state index in [2.05, 4.69) is 27.0 Å². The van der Waals surface area contributed by atoms with E-state index in [0.29, 0.717) is 25.2 Å². The van der Waals surface area contributed by atoms with Gasteiger partial charge in [-0.05, 0) is 45.6 Å². The Bertz CT molecular complexity index is 361. The lowest BCUT2D eigenvalue weighted by Gasteiger charge is -2.32. The van der Waals surface area contributed by atoms with Gasteiger partial charge in [0.2, 0.25) is 0 Å². The van der Waals surface area contributed by atoms with Crippen LogP contribution in [0.4, 0.5) is 0 Å². The molecule has 3 heteroatoms. The number of hydrogen-bond acceptors (Lipinski definition) is 3. The zero-order valence-electron chi connectivity index (χ0n) is 14.5. The summed E-state index contributed by atoms with van der Waals surface area (Å²) < 4.78 is 11.8. The molecule has 0 bridgehead atoms. The first-order valence-electron chi connectivity index (χ1n) is 7.83. The van der Waals surface area contributed by atoms with Crippen LogP contribution in [-0.4, -0.2) is 30.2 Å². The zero-order chi connectivity index (χ0) is 16.5. The van der Waals surface area contributed by atoms with Gasteiger partial charge in [0.1, 0.15) is 5.60 Å². The van der Waals surface area contributed by atoms with Crippen LogP contribution in [0.25, 0.3) is 0 Å². The Morgan fingerprint density at radius 3 is 2.24 bits per heavy atom. The van der Waals surface area contributed by atoms with E-state index < -0.39 is 5.60 Å². The lowest BCUT2D eigenvalue weighted by Crippen LogP contribution is -2.40. The van der Waals surface area contributed by atoms with E-state index in [-0.39, 0.29) is 11.4 Å². The molecule has 0 N–H and O–H groups in total. The third kappa shape index (κ3) is 6.58. The predicted molar refractivity (Wildman–Crippen MR) is 88.5 cm³/mol. The lowest BCUT2D eigenvalue weighted by atomic mass is 9.92. The van der Waals surface area contributed by atoms with Gasteiger partial charge in [0.15, 0.2) is 5.78 Å². The molecule has 21 heavy (non-hydrogen) atoms. The summed E-state index contributed by atoms with van der Waals surface area (Å²) in [5.41, 5.74) is -0.472. The third-order valence-corrected chi connectivity index (χ3v) is 3.92. The highest BCUT2D eigenvalue weighted by molar-refractivity contribution is 6.00. The number of ether oxygens (including phenoxy) is 2. The molecule has 122 valence electrons. The molecule has 0 saturated carbocycles. The number of rotatable bonds is 12. The van der Waals surface area contributed by atoms with E-state index in [1.54, 1.807) is 13.0 Å². The molecule has 2 unspecified atom stereocenters. The maximum absolute atomic E-state index is 12.2. The molecule has 0 spiro atoms. The quantitative estimate of drug-likeness (QED) is 0.394. The van der Waals surface area contributed by atoms with Crippen molar-refractivity contribution in [1.82, 2.24) is 0 Å². The monoisotopic (exact) mass is 296 g/mol. The molecule has 3 nitrogen and oxygen atoms in total. The van der Waals surface area contributed by atoms with Crippen molar-refractivity contribution in [3.63, 3.8) is 0 Å². The van der Waals surface area contributed by atoms with Gasteiger partial charge >= 0.3 is 0 Å². The fraction of sp³-hybridized carbons (Fsp3) is 0.722. The summed E-state index contributed by atoms with van der Waals surface area (Å²) in [7, 11) is 0. The van der Waals surface area contributed by atoms with Crippen LogP contribution in [0.15, 0.2) is 24.8 Å². The van der Waals surface area contributed by atoms with Crippen molar-refractivity contribution >= 4 is 5.78 Å². The minimum Gasteiger partial charge on any atom is -0.371 e. The molecule has 0 aromatic rings. The second-order valence-corrected chi connectivity index (χ2v) is 6.09. The van der Waals surface area contributed by atoms with Gasteiger partial charge in [-0.15, -0.1) is 6.58 Å². The maximum Gasteiger partial charge on any atom is 0.189 e. The van der Waals surface area contributed by atoms with Gasteiger partial charge in [0, 0.05) is 0 Å². The molecule has 0 aliphatic carbocycles. The Hall–Kier alpha value is -0.930. The number of ketones is 1. The van der Waals surface area contributed by atoms with Crippen molar-refractivity contribution in [2.75, 3.05) is 13.2 Å². The van der Waals surface area contributed by atoms with Crippen LogP contribution in [0.5, 0.6) is 0 Å². The van der Waals surface area contributed by atoms with E-state index in [0.717, 1.165) is 19.3 Å². The summed E-state index contributed by atoms with van der Waals surface area (Å²) >= 11 is 0. The maximum atomic E-state index is 12.2. The van der Waals surface area contributed by atoms with Gasteiger partial charge in [-0.2, -0.15) is 0 Å². The van der Waals surface area contributed by atoms with Crippen LogP contribution in [0.2, 0.25) is 0 Å². The molecule has 0 heterocycles. The highest BCUT2D eigenvalue weighted by Crippen LogP contribution is 2.25. The normalized spacial score (nSPS) is 16.8. The summed E-state index contributed by atoms with van der Waals surface area (Å²) in [4.78, 5) is 12.2. The summed E-state index contributed by atoms with van der Waals surface area (Å²) in [6.45, 7) is 18.2. The van der Waals surface area contributed by atoms with Crippen LogP contribution in [0.3, 0.4) is 0 Å². The Balaban J connectivity index is 4.62. The van der Waals surface area contributed by atoms with Gasteiger partial charge in [0.25, 0.3) is 0 Å². The first-order chi connectivity index (χ1) is 9.74. The van der Waals surface area contributed by atoms with Crippen molar-refractivity contribution in [1.29, 1.82) is 0 Å². The Labute approximate surface area is 130 Å².